The molecule has 0 atom stereocenters. The van der Waals surface area contributed by atoms with E-state index in [2.05, 4.69) is 80.6 Å². The Morgan fingerprint density at radius 3 is 2.04 bits per heavy atom. The summed E-state index contributed by atoms with van der Waals surface area (Å²) in [5.41, 5.74) is 8.44. The third-order valence-electron chi connectivity index (χ3n) is 5.17. The van der Waals surface area contributed by atoms with Crippen LogP contribution in [0.4, 0.5) is 0 Å². The third kappa shape index (κ3) is 5.01. The molecular weight excluding hydrogens is 328 g/mol. The molecule has 3 rings (SSSR count). The Hall–Kier alpha value is -2.54. The van der Waals surface area contributed by atoms with Gasteiger partial charge in [-0.05, 0) is 72.6 Å². The molecule has 0 spiro atoms. The zero-order chi connectivity index (χ0) is 19.1. The van der Waals surface area contributed by atoms with E-state index in [0.717, 1.165) is 31.4 Å². The molecule has 0 bridgehead atoms. The van der Waals surface area contributed by atoms with E-state index < -0.39 is 0 Å². The quantitative estimate of drug-likeness (QED) is 0.430. The van der Waals surface area contributed by atoms with E-state index in [-0.39, 0.29) is 0 Å². The predicted octanol–water partition coefficient (Wildman–Crippen LogP) is 6.80. The average Bonchev–Trinajstić information content (AvgIpc) is 2.70. The van der Waals surface area contributed by atoms with Crippen LogP contribution in [0.1, 0.15) is 42.0 Å². The molecule has 1 heteroatoms. The molecule has 3 aromatic carbocycles. The molecule has 0 radical (unpaired) electrons. The summed E-state index contributed by atoms with van der Waals surface area (Å²) in [6.45, 7) is 4.41. The zero-order valence-electron chi connectivity index (χ0n) is 16.8. The van der Waals surface area contributed by atoms with Crippen molar-refractivity contribution in [3.8, 4) is 16.9 Å². The molecule has 1 nitrogen and oxygen atoms in total. The second kappa shape index (κ2) is 9.41. The molecule has 0 fully saturated rings. The normalized spacial score (nSPS) is 10.8. The summed E-state index contributed by atoms with van der Waals surface area (Å²) in [5.74, 6) is 0.924. The Kier molecular flexibility index (Phi) is 6.70. The molecule has 0 aliphatic carbocycles. The highest BCUT2D eigenvalue weighted by Crippen LogP contribution is 2.30. The van der Waals surface area contributed by atoms with Gasteiger partial charge in [-0.1, -0.05) is 73.5 Å². The van der Waals surface area contributed by atoms with Crippen molar-refractivity contribution < 1.29 is 4.74 Å². The van der Waals surface area contributed by atoms with Gasteiger partial charge in [-0.15, -0.1) is 0 Å². The number of benzene rings is 3. The van der Waals surface area contributed by atoms with Crippen LogP contribution in [-0.4, -0.2) is 7.11 Å². The highest BCUT2D eigenvalue weighted by atomic mass is 16.5. The van der Waals surface area contributed by atoms with Crippen molar-refractivity contribution in [2.24, 2.45) is 0 Å². The second-order valence-corrected chi connectivity index (χ2v) is 7.27. The van der Waals surface area contributed by atoms with Crippen LogP contribution in [0, 0.1) is 6.92 Å². The predicted molar refractivity (Wildman–Crippen MR) is 116 cm³/mol. The molecule has 3 aromatic rings. The number of aryl methyl sites for hydroxylation is 4. The first-order valence-electron chi connectivity index (χ1n) is 10.0. The number of rotatable bonds is 8. The Morgan fingerprint density at radius 2 is 1.41 bits per heavy atom. The highest BCUT2D eigenvalue weighted by molar-refractivity contribution is 5.71. The SMILES string of the molecule is CCCc1cccc(CCCc2ccc(OC)cc2)c1-c1ccc(C)cc1. The summed E-state index contributed by atoms with van der Waals surface area (Å²) in [6, 6.07) is 24.3. The number of hydrogen-bond donors (Lipinski definition) is 0. The van der Waals surface area contributed by atoms with Gasteiger partial charge < -0.3 is 4.74 Å². The van der Waals surface area contributed by atoms with Crippen molar-refractivity contribution in [3.63, 3.8) is 0 Å². The maximum Gasteiger partial charge on any atom is 0.118 e. The van der Waals surface area contributed by atoms with Gasteiger partial charge in [0.25, 0.3) is 0 Å². The van der Waals surface area contributed by atoms with Crippen molar-refractivity contribution >= 4 is 0 Å². The first kappa shape index (κ1) is 19.2. The monoisotopic (exact) mass is 358 g/mol. The minimum atomic E-state index is 0.924. The van der Waals surface area contributed by atoms with Crippen molar-refractivity contribution in [2.75, 3.05) is 7.11 Å². The van der Waals surface area contributed by atoms with E-state index >= 15 is 0 Å². The Morgan fingerprint density at radius 1 is 0.741 bits per heavy atom. The van der Waals surface area contributed by atoms with Gasteiger partial charge in [0.05, 0.1) is 7.11 Å². The summed E-state index contributed by atoms with van der Waals surface area (Å²) >= 11 is 0. The minimum absolute atomic E-state index is 0.924. The summed E-state index contributed by atoms with van der Waals surface area (Å²) < 4.78 is 5.25. The standard InChI is InChI=1S/C26H30O/c1-4-7-22-10-6-11-23(26(22)24-16-12-20(2)13-17-24)9-5-8-21-14-18-25(27-3)19-15-21/h6,10-19H,4-5,7-9H2,1-3H3. The van der Waals surface area contributed by atoms with Gasteiger partial charge in [-0.2, -0.15) is 0 Å². The number of methoxy groups -OCH3 is 1. The molecular formula is C26H30O. The van der Waals surface area contributed by atoms with Gasteiger partial charge in [0, 0.05) is 0 Å². The first-order valence-corrected chi connectivity index (χ1v) is 10.0. The first-order chi connectivity index (χ1) is 13.2. The lowest BCUT2D eigenvalue weighted by molar-refractivity contribution is 0.414. The van der Waals surface area contributed by atoms with Crippen LogP contribution in [0.5, 0.6) is 5.75 Å². The maximum absolute atomic E-state index is 5.25. The highest BCUT2D eigenvalue weighted by Gasteiger charge is 2.10. The van der Waals surface area contributed by atoms with Gasteiger partial charge in [-0.3, -0.25) is 0 Å². The summed E-state index contributed by atoms with van der Waals surface area (Å²) in [7, 11) is 1.71. The van der Waals surface area contributed by atoms with Crippen LogP contribution in [-0.2, 0) is 19.3 Å². The lowest BCUT2D eigenvalue weighted by Gasteiger charge is -2.16. The molecule has 0 saturated carbocycles. The van der Waals surface area contributed by atoms with E-state index in [1.54, 1.807) is 7.11 Å². The van der Waals surface area contributed by atoms with Crippen LogP contribution in [0.2, 0.25) is 0 Å². The molecule has 0 heterocycles. The molecule has 27 heavy (non-hydrogen) atoms. The topological polar surface area (TPSA) is 9.23 Å². The lowest BCUT2D eigenvalue weighted by Crippen LogP contribution is -1.98. The third-order valence-corrected chi connectivity index (χ3v) is 5.17. The molecule has 0 N–H and O–H groups in total. The van der Waals surface area contributed by atoms with E-state index in [1.165, 1.54) is 39.8 Å². The van der Waals surface area contributed by atoms with Crippen LogP contribution in [0.3, 0.4) is 0 Å². The summed E-state index contributed by atoms with van der Waals surface area (Å²) in [6.07, 6.45) is 5.66. The van der Waals surface area contributed by atoms with Gasteiger partial charge >= 0.3 is 0 Å². The molecule has 140 valence electrons. The van der Waals surface area contributed by atoms with Crippen LogP contribution >= 0.6 is 0 Å². The van der Waals surface area contributed by atoms with Gasteiger partial charge in [0.2, 0.25) is 0 Å². The lowest BCUT2D eigenvalue weighted by atomic mass is 9.89. The fourth-order valence-corrected chi connectivity index (χ4v) is 3.71. The average molecular weight is 359 g/mol. The zero-order valence-corrected chi connectivity index (χ0v) is 16.8. The number of ether oxygens (including phenoxy) is 1. The molecule has 0 amide bonds. The van der Waals surface area contributed by atoms with E-state index in [0.29, 0.717) is 0 Å². The van der Waals surface area contributed by atoms with E-state index in [9.17, 15) is 0 Å². The second-order valence-electron chi connectivity index (χ2n) is 7.27. The smallest absolute Gasteiger partial charge is 0.118 e. The van der Waals surface area contributed by atoms with Crippen molar-refractivity contribution in [1.82, 2.24) is 0 Å². The van der Waals surface area contributed by atoms with Crippen molar-refractivity contribution in [1.29, 1.82) is 0 Å². The van der Waals surface area contributed by atoms with Gasteiger partial charge in [0.1, 0.15) is 5.75 Å². The summed E-state index contributed by atoms with van der Waals surface area (Å²) in [4.78, 5) is 0. The molecule has 0 unspecified atom stereocenters. The minimum Gasteiger partial charge on any atom is -0.497 e. The van der Waals surface area contributed by atoms with Gasteiger partial charge in [-0.25, -0.2) is 0 Å². The van der Waals surface area contributed by atoms with E-state index in [1.807, 2.05) is 0 Å². The number of hydrogen-bond acceptors (Lipinski definition) is 1. The fraction of sp³-hybridized carbons (Fsp3) is 0.308. The Bertz CT molecular complexity index is 844. The molecule has 0 aliphatic heterocycles. The van der Waals surface area contributed by atoms with Gasteiger partial charge in [0.15, 0.2) is 0 Å². The van der Waals surface area contributed by atoms with Crippen molar-refractivity contribution in [2.45, 2.75) is 46.0 Å². The summed E-state index contributed by atoms with van der Waals surface area (Å²) in [5, 5.41) is 0. The van der Waals surface area contributed by atoms with E-state index in [4.69, 9.17) is 4.74 Å². The van der Waals surface area contributed by atoms with Crippen LogP contribution < -0.4 is 4.74 Å². The van der Waals surface area contributed by atoms with Crippen molar-refractivity contribution in [3.05, 3.63) is 89.0 Å². The Labute approximate surface area is 164 Å². The van der Waals surface area contributed by atoms with Crippen LogP contribution in [0.25, 0.3) is 11.1 Å². The Balaban J connectivity index is 1.79. The fourth-order valence-electron chi connectivity index (χ4n) is 3.71. The largest absolute Gasteiger partial charge is 0.497 e. The molecule has 0 aromatic heterocycles. The molecule has 0 saturated heterocycles. The van der Waals surface area contributed by atoms with Crippen LogP contribution in [0.15, 0.2) is 66.7 Å². The maximum atomic E-state index is 5.25. The molecule has 0 aliphatic rings.